The maximum Gasteiger partial charge on any atom is 0.170 e. The van der Waals surface area contributed by atoms with Gasteiger partial charge in [0.05, 0.1) is 19.7 Å². The van der Waals surface area contributed by atoms with E-state index in [1.54, 1.807) is 20.4 Å². The Kier molecular flexibility index (Phi) is 5.86. The molecule has 0 aliphatic carbocycles. The van der Waals surface area contributed by atoms with Gasteiger partial charge >= 0.3 is 0 Å². The molecule has 0 fully saturated rings. The van der Waals surface area contributed by atoms with E-state index in [1.807, 2.05) is 48.5 Å². The molecule has 2 N–H and O–H groups in total. The van der Waals surface area contributed by atoms with E-state index in [-0.39, 0.29) is 0 Å². The first-order valence-electron chi connectivity index (χ1n) is 8.30. The second kappa shape index (κ2) is 8.49. The highest BCUT2D eigenvalue weighted by atomic mass is 32.1. The topological polar surface area (TPSA) is 55.4 Å². The average molecular weight is 367 g/mol. The van der Waals surface area contributed by atoms with Gasteiger partial charge in [-0.05, 0) is 60.6 Å². The minimum absolute atomic E-state index is 0.591. The van der Waals surface area contributed by atoms with Crippen LogP contribution in [0.15, 0.2) is 54.7 Å². The van der Waals surface area contributed by atoms with Crippen LogP contribution < -0.4 is 20.1 Å². The molecule has 3 aromatic rings. The summed E-state index contributed by atoms with van der Waals surface area (Å²) >= 11 is 5.38. The van der Waals surface area contributed by atoms with E-state index in [0.717, 1.165) is 46.6 Å². The summed E-state index contributed by atoms with van der Waals surface area (Å²) < 4.78 is 10.6. The lowest BCUT2D eigenvalue weighted by Gasteiger charge is -2.12. The van der Waals surface area contributed by atoms with Gasteiger partial charge in [-0.3, -0.25) is 4.98 Å². The van der Waals surface area contributed by atoms with Crippen molar-refractivity contribution in [1.82, 2.24) is 10.3 Å². The van der Waals surface area contributed by atoms with Gasteiger partial charge in [0.1, 0.15) is 0 Å². The zero-order valence-electron chi connectivity index (χ0n) is 14.8. The molecule has 0 unspecified atom stereocenters. The van der Waals surface area contributed by atoms with Gasteiger partial charge in [-0.1, -0.05) is 12.1 Å². The minimum atomic E-state index is 0.591. The number of pyridine rings is 1. The fourth-order valence-corrected chi connectivity index (χ4v) is 2.91. The first-order chi connectivity index (χ1) is 12.7. The van der Waals surface area contributed by atoms with Gasteiger partial charge in [-0.2, -0.15) is 0 Å². The van der Waals surface area contributed by atoms with Crippen molar-refractivity contribution < 1.29 is 9.47 Å². The molecule has 0 atom stereocenters. The van der Waals surface area contributed by atoms with Crippen molar-refractivity contribution in [3.05, 3.63) is 60.3 Å². The molecular weight excluding hydrogens is 346 g/mol. The summed E-state index contributed by atoms with van der Waals surface area (Å²) in [5.41, 5.74) is 3.05. The normalized spacial score (nSPS) is 10.4. The molecule has 0 saturated carbocycles. The van der Waals surface area contributed by atoms with Crippen molar-refractivity contribution in [2.75, 3.05) is 26.1 Å². The lowest BCUT2D eigenvalue weighted by molar-refractivity contribution is 0.354. The molecule has 6 heteroatoms. The fraction of sp³-hybridized carbons (Fsp3) is 0.200. The van der Waals surface area contributed by atoms with Crippen LogP contribution in [0.25, 0.3) is 10.9 Å². The van der Waals surface area contributed by atoms with Crippen molar-refractivity contribution in [1.29, 1.82) is 0 Å². The second-order valence-corrected chi connectivity index (χ2v) is 6.14. The van der Waals surface area contributed by atoms with E-state index in [0.29, 0.717) is 5.11 Å². The van der Waals surface area contributed by atoms with Crippen LogP contribution in [-0.4, -0.2) is 30.9 Å². The van der Waals surface area contributed by atoms with Crippen molar-refractivity contribution in [2.45, 2.75) is 6.42 Å². The summed E-state index contributed by atoms with van der Waals surface area (Å²) in [6, 6.07) is 15.8. The van der Waals surface area contributed by atoms with Gasteiger partial charge in [0.15, 0.2) is 16.6 Å². The van der Waals surface area contributed by atoms with E-state index in [2.05, 4.69) is 15.6 Å². The van der Waals surface area contributed by atoms with E-state index < -0.39 is 0 Å². The number of benzene rings is 2. The van der Waals surface area contributed by atoms with Crippen LogP contribution in [0.4, 0.5) is 5.69 Å². The van der Waals surface area contributed by atoms with Crippen LogP contribution in [0.2, 0.25) is 0 Å². The van der Waals surface area contributed by atoms with Crippen LogP contribution in [0.1, 0.15) is 5.56 Å². The van der Waals surface area contributed by atoms with Crippen LogP contribution >= 0.6 is 12.2 Å². The lowest BCUT2D eigenvalue weighted by Crippen LogP contribution is -2.30. The van der Waals surface area contributed by atoms with E-state index >= 15 is 0 Å². The van der Waals surface area contributed by atoms with Gasteiger partial charge in [0.25, 0.3) is 0 Å². The molecule has 0 aliphatic heterocycles. The minimum Gasteiger partial charge on any atom is -0.493 e. The molecule has 2 aromatic carbocycles. The van der Waals surface area contributed by atoms with Crippen LogP contribution in [-0.2, 0) is 6.42 Å². The van der Waals surface area contributed by atoms with E-state index in [9.17, 15) is 0 Å². The van der Waals surface area contributed by atoms with Crippen molar-refractivity contribution in [2.24, 2.45) is 0 Å². The quantitative estimate of drug-likeness (QED) is 0.647. The summed E-state index contributed by atoms with van der Waals surface area (Å²) in [4.78, 5) is 4.32. The number of nitrogens with one attached hydrogen (secondary N) is 2. The molecule has 0 radical (unpaired) electrons. The molecule has 1 aromatic heterocycles. The highest BCUT2D eigenvalue weighted by molar-refractivity contribution is 7.80. The maximum absolute atomic E-state index is 5.38. The van der Waals surface area contributed by atoms with Crippen molar-refractivity contribution in [3.8, 4) is 11.5 Å². The first-order valence-corrected chi connectivity index (χ1v) is 8.71. The Hall–Kier alpha value is -2.86. The zero-order valence-corrected chi connectivity index (χ0v) is 15.6. The van der Waals surface area contributed by atoms with Gasteiger partial charge in [0.2, 0.25) is 0 Å². The largest absolute Gasteiger partial charge is 0.493 e. The lowest BCUT2D eigenvalue weighted by atomic mass is 10.1. The van der Waals surface area contributed by atoms with Gasteiger partial charge in [0, 0.05) is 23.8 Å². The van der Waals surface area contributed by atoms with Crippen LogP contribution in [0, 0.1) is 0 Å². The molecular formula is C20H21N3O2S. The average Bonchev–Trinajstić information content (AvgIpc) is 2.67. The number of thiocarbonyl (C=S) groups is 1. The molecule has 134 valence electrons. The molecule has 0 bridgehead atoms. The second-order valence-electron chi connectivity index (χ2n) is 5.73. The van der Waals surface area contributed by atoms with Gasteiger partial charge in [-0.15, -0.1) is 0 Å². The molecule has 3 rings (SSSR count). The number of anilines is 1. The van der Waals surface area contributed by atoms with E-state index in [4.69, 9.17) is 21.7 Å². The van der Waals surface area contributed by atoms with Gasteiger partial charge < -0.3 is 20.1 Å². The number of hydrogen-bond acceptors (Lipinski definition) is 4. The number of hydrogen-bond donors (Lipinski definition) is 2. The third kappa shape index (κ3) is 4.40. The predicted molar refractivity (Wildman–Crippen MR) is 109 cm³/mol. The Morgan fingerprint density at radius 2 is 1.88 bits per heavy atom. The monoisotopic (exact) mass is 367 g/mol. The Morgan fingerprint density at radius 1 is 1.04 bits per heavy atom. The number of fused-ring (bicyclic) bond motifs is 1. The fourth-order valence-electron chi connectivity index (χ4n) is 2.69. The first kappa shape index (κ1) is 17.9. The maximum atomic E-state index is 5.38. The smallest absolute Gasteiger partial charge is 0.170 e. The summed E-state index contributed by atoms with van der Waals surface area (Å²) in [5, 5.41) is 8.10. The Labute approximate surface area is 158 Å². The van der Waals surface area contributed by atoms with Crippen molar-refractivity contribution >= 4 is 33.9 Å². The highest BCUT2D eigenvalue weighted by Crippen LogP contribution is 2.27. The standard InChI is InChI=1S/C20H21N3O2S/c1-24-18-8-5-14(12-19(18)25-2)9-11-22-20(26)23-16-6-7-17-15(13-16)4-3-10-21-17/h3-8,10,12-13H,9,11H2,1-2H3,(H2,22,23,26). The number of aromatic nitrogens is 1. The number of methoxy groups -OCH3 is 2. The third-order valence-electron chi connectivity index (χ3n) is 4.01. The number of rotatable bonds is 6. The highest BCUT2D eigenvalue weighted by Gasteiger charge is 2.05. The Bertz CT molecular complexity index is 914. The molecule has 0 saturated heterocycles. The van der Waals surface area contributed by atoms with Crippen LogP contribution in [0.5, 0.6) is 11.5 Å². The molecule has 0 aliphatic rings. The number of ether oxygens (including phenoxy) is 2. The summed E-state index contributed by atoms with van der Waals surface area (Å²) in [6.45, 7) is 0.719. The SMILES string of the molecule is COc1ccc(CCNC(=S)Nc2ccc3ncccc3c2)cc1OC. The zero-order chi connectivity index (χ0) is 18.4. The molecule has 1 heterocycles. The van der Waals surface area contributed by atoms with Gasteiger partial charge in [-0.25, -0.2) is 0 Å². The summed E-state index contributed by atoms with van der Waals surface area (Å²) in [7, 11) is 3.27. The molecule has 0 amide bonds. The van der Waals surface area contributed by atoms with Crippen LogP contribution in [0.3, 0.4) is 0 Å². The van der Waals surface area contributed by atoms with Crippen molar-refractivity contribution in [3.63, 3.8) is 0 Å². The summed E-state index contributed by atoms with van der Waals surface area (Å²) in [5.74, 6) is 1.46. The summed E-state index contributed by atoms with van der Waals surface area (Å²) in [6.07, 6.45) is 2.61. The molecule has 0 spiro atoms. The number of nitrogens with zero attached hydrogens (tertiary/aromatic N) is 1. The Balaban J connectivity index is 1.53. The third-order valence-corrected chi connectivity index (χ3v) is 4.25. The van der Waals surface area contributed by atoms with E-state index in [1.165, 1.54) is 0 Å². The molecule has 26 heavy (non-hydrogen) atoms. The molecule has 5 nitrogen and oxygen atoms in total. The predicted octanol–water partition coefficient (Wildman–Crippen LogP) is 3.78. The Morgan fingerprint density at radius 3 is 2.69 bits per heavy atom.